The molecule has 16 heavy (non-hydrogen) atoms. The lowest BCUT2D eigenvalue weighted by molar-refractivity contribution is 0.401. The molecule has 0 unspecified atom stereocenters. The summed E-state index contributed by atoms with van der Waals surface area (Å²) in [5.41, 5.74) is 7.32. The molecule has 0 radical (unpaired) electrons. The molecule has 0 bridgehead atoms. The Morgan fingerprint density at radius 3 is 2.75 bits per heavy atom. The molecule has 0 aromatic carbocycles. The lowest BCUT2D eigenvalue weighted by atomic mass is 9.83. The topological polar surface area (TPSA) is 26.0 Å². The van der Waals surface area contributed by atoms with Crippen LogP contribution in [0.2, 0.25) is 0 Å². The van der Waals surface area contributed by atoms with Gasteiger partial charge in [0.15, 0.2) is 0 Å². The van der Waals surface area contributed by atoms with Crippen molar-refractivity contribution >= 4 is 33.3 Å². The Kier molecular flexibility index (Phi) is 4.62. The summed E-state index contributed by atoms with van der Waals surface area (Å²) in [7, 11) is 0. The second-order valence-electron chi connectivity index (χ2n) is 4.43. The van der Waals surface area contributed by atoms with E-state index >= 15 is 0 Å². The van der Waals surface area contributed by atoms with Crippen molar-refractivity contribution in [3.63, 3.8) is 0 Å². The summed E-state index contributed by atoms with van der Waals surface area (Å²) < 4.78 is 1.17. The Bertz CT molecular complexity index is 364. The average molecular weight is 300 g/mol. The number of hydrogen-bond acceptors (Lipinski definition) is 2. The van der Waals surface area contributed by atoms with E-state index in [0.29, 0.717) is 6.54 Å². The summed E-state index contributed by atoms with van der Waals surface area (Å²) in [6.45, 7) is 0.709. The van der Waals surface area contributed by atoms with Crippen molar-refractivity contribution < 1.29 is 0 Å². The lowest BCUT2D eigenvalue weighted by Gasteiger charge is -2.23. The smallest absolute Gasteiger partial charge is 0.0288 e. The van der Waals surface area contributed by atoms with E-state index in [9.17, 15) is 0 Å². The second-order valence-corrected chi connectivity index (χ2v) is 6.28. The van der Waals surface area contributed by atoms with Crippen LogP contribution in [0.5, 0.6) is 0 Å². The zero-order valence-electron chi connectivity index (χ0n) is 9.42. The highest BCUT2D eigenvalue weighted by atomic mass is 79.9. The van der Waals surface area contributed by atoms with Gasteiger partial charge in [-0.2, -0.15) is 0 Å². The molecule has 2 N–H and O–H groups in total. The zero-order valence-corrected chi connectivity index (χ0v) is 11.8. The Morgan fingerprint density at radius 1 is 1.44 bits per heavy atom. The van der Waals surface area contributed by atoms with Gasteiger partial charge in [0.1, 0.15) is 0 Å². The van der Waals surface area contributed by atoms with Crippen molar-refractivity contribution in [3.05, 3.63) is 26.4 Å². The number of thiophene rings is 1. The van der Waals surface area contributed by atoms with Crippen LogP contribution < -0.4 is 5.73 Å². The van der Waals surface area contributed by atoms with Gasteiger partial charge in [-0.05, 0) is 46.8 Å². The van der Waals surface area contributed by atoms with Crippen LogP contribution in [0.25, 0.3) is 6.08 Å². The average Bonchev–Trinajstić information content (AvgIpc) is 2.73. The summed E-state index contributed by atoms with van der Waals surface area (Å²) >= 11 is 5.27. The highest BCUT2D eigenvalue weighted by molar-refractivity contribution is 9.10. The van der Waals surface area contributed by atoms with Crippen molar-refractivity contribution in [2.75, 3.05) is 6.54 Å². The van der Waals surface area contributed by atoms with E-state index in [1.54, 1.807) is 11.3 Å². The number of rotatable bonds is 3. The van der Waals surface area contributed by atoms with Gasteiger partial charge in [0.05, 0.1) is 0 Å². The molecule has 1 aromatic heterocycles. The predicted octanol–water partition coefficient (Wildman–Crippen LogP) is 4.43. The maximum atomic E-state index is 5.88. The van der Waals surface area contributed by atoms with Crippen molar-refractivity contribution in [1.29, 1.82) is 0 Å². The molecule has 1 saturated carbocycles. The van der Waals surface area contributed by atoms with Crippen LogP contribution in [0, 0.1) is 5.92 Å². The molecule has 1 nitrogen and oxygen atoms in total. The van der Waals surface area contributed by atoms with Crippen LogP contribution in [0.4, 0.5) is 0 Å². The standard InChI is InChI=1S/C13H18BrNS/c14-12-7-13(16-9-12)6-11(8-15)10-4-2-1-3-5-10/h6-7,9-10H,1-5,8,15H2. The van der Waals surface area contributed by atoms with E-state index in [1.807, 2.05) is 0 Å². The second kappa shape index (κ2) is 5.99. The van der Waals surface area contributed by atoms with Crippen molar-refractivity contribution in [1.82, 2.24) is 0 Å². The molecule has 0 aliphatic heterocycles. The number of halogens is 1. The normalized spacial score (nSPS) is 19.0. The molecule has 1 aromatic rings. The summed E-state index contributed by atoms with van der Waals surface area (Å²) in [6.07, 6.45) is 9.10. The minimum atomic E-state index is 0.709. The predicted molar refractivity (Wildman–Crippen MR) is 75.6 cm³/mol. The molecule has 0 atom stereocenters. The summed E-state index contributed by atoms with van der Waals surface area (Å²) in [5, 5.41) is 2.13. The number of hydrogen-bond donors (Lipinski definition) is 1. The lowest BCUT2D eigenvalue weighted by Crippen LogP contribution is -2.15. The van der Waals surface area contributed by atoms with E-state index in [-0.39, 0.29) is 0 Å². The first-order chi connectivity index (χ1) is 7.79. The van der Waals surface area contributed by atoms with Gasteiger partial charge in [0.25, 0.3) is 0 Å². The first-order valence-corrected chi connectivity index (χ1v) is 7.61. The van der Waals surface area contributed by atoms with Gasteiger partial charge in [0.2, 0.25) is 0 Å². The monoisotopic (exact) mass is 299 g/mol. The summed E-state index contributed by atoms with van der Waals surface area (Å²) in [4.78, 5) is 1.32. The fraction of sp³-hybridized carbons (Fsp3) is 0.538. The number of nitrogens with two attached hydrogens (primary N) is 1. The molecule has 0 spiro atoms. The van der Waals surface area contributed by atoms with Gasteiger partial charge in [-0.1, -0.05) is 24.8 Å². The molecule has 2 rings (SSSR count). The Hall–Kier alpha value is -0.120. The third-order valence-electron chi connectivity index (χ3n) is 3.28. The highest BCUT2D eigenvalue weighted by Crippen LogP contribution is 2.31. The van der Waals surface area contributed by atoms with Gasteiger partial charge in [0, 0.05) is 21.3 Å². The fourth-order valence-electron chi connectivity index (χ4n) is 2.40. The molecular weight excluding hydrogens is 282 g/mol. The van der Waals surface area contributed by atoms with Crippen molar-refractivity contribution in [2.45, 2.75) is 32.1 Å². The van der Waals surface area contributed by atoms with E-state index < -0.39 is 0 Å². The molecule has 3 heteroatoms. The van der Waals surface area contributed by atoms with Gasteiger partial charge in [-0.3, -0.25) is 0 Å². The summed E-state index contributed by atoms with van der Waals surface area (Å²) in [6, 6.07) is 2.17. The third-order valence-corrected chi connectivity index (χ3v) is 4.92. The molecule has 1 heterocycles. The highest BCUT2D eigenvalue weighted by Gasteiger charge is 2.16. The van der Waals surface area contributed by atoms with Gasteiger partial charge < -0.3 is 5.73 Å². The van der Waals surface area contributed by atoms with Crippen LogP contribution >= 0.6 is 27.3 Å². The largest absolute Gasteiger partial charge is 0.327 e. The van der Waals surface area contributed by atoms with Gasteiger partial charge in [-0.25, -0.2) is 0 Å². The minimum Gasteiger partial charge on any atom is -0.327 e. The van der Waals surface area contributed by atoms with Gasteiger partial charge in [-0.15, -0.1) is 11.3 Å². The van der Waals surface area contributed by atoms with E-state index in [0.717, 1.165) is 5.92 Å². The fourth-order valence-corrected chi connectivity index (χ4v) is 3.81. The van der Waals surface area contributed by atoms with Crippen LogP contribution in [-0.2, 0) is 0 Å². The molecule has 1 aliphatic carbocycles. The van der Waals surface area contributed by atoms with E-state index in [4.69, 9.17) is 5.73 Å². The Morgan fingerprint density at radius 2 is 2.19 bits per heavy atom. The van der Waals surface area contributed by atoms with Crippen molar-refractivity contribution in [3.8, 4) is 0 Å². The maximum Gasteiger partial charge on any atom is 0.0288 e. The summed E-state index contributed by atoms with van der Waals surface area (Å²) in [5.74, 6) is 0.736. The quantitative estimate of drug-likeness (QED) is 0.878. The first kappa shape index (κ1) is 12.3. The molecule has 0 amide bonds. The van der Waals surface area contributed by atoms with Crippen molar-refractivity contribution in [2.24, 2.45) is 11.7 Å². The van der Waals surface area contributed by atoms with Crippen LogP contribution in [-0.4, -0.2) is 6.54 Å². The maximum absolute atomic E-state index is 5.88. The molecule has 0 saturated heterocycles. The van der Waals surface area contributed by atoms with E-state index in [2.05, 4.69) is 33.5 Å². The molecular formula is C13H18BrNS. The van der Waals surface area contributed by atoms with Crippen LogP contribution in [0.15, 0.2) is 21.5 Å². The minimum absolute atomic E-state index is 0.709. The first-order valence-electron chi connectivity index (χ1n) is 5.94. The molecule has 88 valence electrons. The third kappa shape index (κ3) is 3.19. The molecule has 1 aliphatic rings. The van der Waals surface area contributed by atoms with Gasteiger partial charge >= 0.3 is 0 Å². The zero-order chi connectivity index (χ0) is 11.4. The van der Waals surface area contributed by atoms with E-state index in [1.165, 1.54) is 47.0 Å². The Labute approximate surface area is 110 Å². The van der Waals surface area contributed by atoms with Crippen LogP contribution in [0.1, 0.15) is 37.0 Å². The van der Waals surface area contributed by atoms with Crippen LogP contribution in [0.3, 0.4) is 0 Å². The SMILES string of the molecule is NCC(=Cc1cc(Br)cs1)C1CCCCC1. The Balaban J connectivity index is 2.11. The molecule has 1 fully saturated rings.